The normalized spacial score (nSPS) is 11.8. The highest BCUT2D eigenvalue weighted by molar-refractivity contribution is 8.00. The Morgan fingerprint density at radius 2 is 2.40 bits per heavy atom. The molecule has 1 aromatic rings. The highest BCUT2D eigenvalue weighted by Gasteiger charge is 2.21. The first-order chi connectivity index (χ1) is 9.69. The molecule has 1 aromatic heterocycles. The maximum Gasteiger partial charge on any atom is 0.235 e. The SMILES string of the molecule is CCCCS[C@@H](C)C(=O)N(CCC#N)Cc1ccco1. The molecule has 0 aliphatic carbocycles. The number of nitrogens with zero attached hydrogens (tertiary/aromatic N) is 2. The molecule has 0 aliphatic rings. The van der Waals surface area contributed by atoms with E-state index in [1.165, 1.54) is 0 Å². The summed E-state index contributed by atoms with van der Waals surface area (Å²) in [6.07, 6.45) is 4.21. The molecule has 1 atom stereocenters. The minimum Gasteiger partial charge on any atom is -0.467 e. The van der Waals surface area contributed by atoms with Crippen molar-refractivity contribution in [3.05, 3.63) is 24.2 Å². The number of thioether (sulfide) groups is 1. The van der Waals surface area contributed by atoms with Gasteiger partial charge in [0.25, 0.3) is 0 Å². The van der Waals surface area contributed by atoms with Crippen LogP contribution in [0, 0.1) is 11.3 Å². The molecule has 0 radical (unpaired) electrons. The number of amides is 1. The van der Waals surface area contributed by atoms with Gasteiger partial charge in [-0.1, -0.05) is 13.3 Å². The molecular weight excluding hydrogens is 272 g/mol. The van der Waals surface area contributed by atoms with E-state index >= 15 is 0 Å². The molecule has 4 nitrogen and oxygen atoms in total. The van der Waals surface area contributed by atoms with Gasteiger partial charge in [0, 0.05) is 6.54 Å². The van der Waals surface area contributed by atoms with Crippen molar-refractivity contribution in [1.29, 1.82) is 5.26 Å². The van der Waals surface area contributed by atoms with Crippen LogP contribution in [0.1, 0.15) is 38.9 Å². The molecule has 1 rings (SSSR count). The van der Waals surface area contributed by atoms with Crippen LogP contribution in [0.25, 0.3) is 0 Å². The van der Waals surface area contributed by atoms with Crippen LogP contribution in [0.4, 0.5) is 0 Å². The molecule has 1 heterocycles. The maximum atomic E-state index is 12.4. The van der Waals surface area contributed by atoms with Crippen molar-refractivity contribution in [2.45, 2.75) is 44.9 Å². The lowest BCUT2D eigenvalue weighted by molar-refractivity contribution is -0.131. The number of hydrogen-bond acceptors (Lipinski definition) is 4. The molecule has 0 aliphatic heterocycles. The second kappa shape index (κ2) is 9.49. The van der Waals surface area contributed by atoms with Crippen molar-refractivity contribution in [3.8, 4) is 6.07 Å². The van der Waals surface area contributed by atoms with Gasteiger partial charge in [-0.2, -0.15) is 5.26 Å². The van der Waals surface area contributed by atoms with Gasteiger partial charge in [-0.3, -0.25) is 4.79 Å². The molecule has 0 aromatic carbocycles. The first-order valence-electron chi connectivity index (χ1n) is 6.98. The lowest BCUT2D eigenvalue weighted by Crippen LogP contribution is -2.36. The van der Waals surface area contributed by atoms with Crippen molar-refractivity contribution >= 4 is 17.7 Å². The third kappa shape index (κ3) is 5.70. The summed E-state index contributed by atoms with van der Waals surface area (Å²) in [6, 6.07) is 5.75. The average Bonchev–Trinajstić information content (AvgIpc) is 2.95. The summed E-state index contributed by atoms with van der Waals surface area (Å²) in [6.45, 7) is 4.97. The lowest BCUT2D eigenvalue weighted by atomic mass is 10.3. The van der Waals surface area contributed by atoms with Crippen molar-refractivity contribution in [1.82, 2.24) is 4.90 Å². The number of unbranched alkanes of at least 4 members (excludes halogenated alkanes) is 1. The molecule has 1 amide bonds. The van der Waals surface area contributed by atoms with Crippen molar-refractivity contribution < 1.29 is 9.21 Å². The van der Waals surface area contributed by atoms with Gasteiger partial charge in [-0.25, -0.2) is 0 Å². The van der Waals surface area contributed by atoms with E-state index in [9.17, 15) is 4.79 Å². The van der Waals surface area contributed by atoms with Crippen LogP contribution in [0.2, 0.25) is 0 Å². The molecule has 5 heteroatoms. The van der Waals surface area contributed by atoms with E-state index in [1.807, 2.05) is 19.1 Å². The molecule has 0 unspecified atom stereocenters. The summed E-state index contributed by atoms with van der Waals surface area (Å²) in [5.74, 6) is 1.83. The van der Waals surface area contributed by atoms with Gasteiger partial charge in [0.05, 0.1) is 30.5 Å². The van der Waals surface area contributed by atoms with Crippen LogP contribution < -0.4 is 0 Å². The number of hydrogen-bond donors (Lipinski definition) is 0. The van der Waals surface area contributed by atoms with Crippen LogP contribution in [-0.2, 0) is 11.3 Å². The third-order valence-electron chi connectivity index (χ3n) is 2.95. The molecule has 110 valence electrons. The predicted molar refractivity (Wildman–Crippen MR) is 81.2 cm³/mol. The van der Waals surface area contributed by atoms with Crippen LogP contribution in [0.5, 0.6) is 0 Å². The van der Waals surface area contributed by atoms with E-state index in [4.69, 9.17) is 9.68 Å². The zero-order valence-corrected chi connectivity index (χ0v) is 13.0. The van der Waals surface area contributed by atoms with Gasteiger partial charge >= 0.3 is 0 Å². The number of nitriles is 1. The van der Waals surface area contributed by atoms with Crippen LogP contribution >= 0.6 is 11.8 Å². The maximum absolute atomic E-state index is 12.4. The summed E-state index contributed by atoms with van der Waals surface area (Å²) in [5.41, 5.74) is 0. The molecule has 0 fully saturated rings. The second-order valence-electron chi connectivity index (χ2n) is 4.61. The minimum atomic E-state index is -0.0739. The number of carbonyl (C=O) groups is 1. The smallest absolute Gasteiger partial charge is 0.235 e. The minimum absolute atomic E-state index is 0.0739. The van der Waals surface area contributed by atoms with Crippen molar-refractivity contribution in [2.24, 2.45) is 0 Å². The van der Waals surface area contributed by atoms with E-state index in [0.29, 0.717) is 19.5 Å². The van der Waals surface area contributed by atoms with Gasteiger partial charge < -0.3 is 9.32 Å². The Kier molecular flexibility index (Phi) is 7.89. The Morgan fingerprint density at radius 1 is 1.60 bits per heavy atom. The fraction of sp³-hybridized carbons (Fsp3) is 0.600. The molecule has 20 heavy (non-hydrogen) atoms. The second-order valence-corrected chi connectivity index (χ2v) is 6.06. The number of furan rings is 1. The fourth-order valence-electron chi connectivity index (χ4n) is 1.78. The topological polar surface area (TPSA) is 57.2 Å². The van der Waals surface area contributed by atoms with Crippen LogP contribution in [0.15, 0.2) is 22.8 Å². The van der Waals surface area contributed by atoms with E-state index in [1.54, 1.807) is 22.9 Å². The Labute approximate surface area is 125 Å². The first-order valence-corrected chi connectivity index (χ1v) is 8.03. The monoisotopic (exact) mass is 294 g/mol. The average molecular weight is 294 g/mol. The van der Waals surface area contributed by atoms with Gasteiger partial charge in [0.1, 0.15) is 5.76 Å². The van der Waals surface area contributed by atoms with E-state index in [0.717, 1.165) is 24.4 Å². The van der Waals surface area contributed by atoms with Crippen LogP contribution in [0.3, 0.4) is 0 Å². The largest absolute Gasteiger partial charge is 0.467 e. The van der Waals surface area contributed by atoms with E-state index < -0.39 is 0 Å². The fourth-order valence-corrected chi connectivity index (χ4v) is 2.88. The molecular formula is C15H22N2O2S. The van der Waals surface area contributed by atoms with Crippen molar-refractivity contribution in [3.63, 3.8) is 0 Å². The standard InChI is InChI=1S/C15H22N2O2S/c1-3-4-11-20-13(2)15(18)17(9-6-8-16)12-14-7-5-10-19-14/h5,7,10,13H,3-4,6,9,11-12H2,1-2H3/t13-/m0/s1. The zero-order chi connectivity index (χ0) is 14.8. The Balaban J connectivity index is 2.56. The third-order valence-corrected chi connectivity index (χ3v) is 4.17. The van der Waals surface area contributed by atoms with Gasteiger partial charge in [0.2, 0.25) is 5.91 Å². The van der Waals surface area contributed by atoms with Gasteiger partial charge in [-0.05, 0) is 31.2 Å². The summed E-state index contributed by atoms with van der Waals surface area (Å²) < 4.78 is 5.29. The van der Waals surface area contributed by atoms with Crippen LogP contribution in [-0.4, -0.2) is 28.4 Å². The van der Waals surface area contributed by atoms with E-state index in [-0.39, 0.29) is 11.2 Å². The van der Waals surface area contributed by atoms with Gasteiger partial charge in [-0.15, -0.1) is 11.8 Å². The van der Waals surface area contributed by atoms with E-state index in [2.05, 4.69) is 13.0 Å². The summed E-state index contributed by atoms with van der Waals surface area (Å²) in [4.78, 5) is 14.1. The quantitative estimate of drug-likeness (QED) is 0.655. The highest BCUT2D eigenvalue weighted by Crippen LogP contribution is 2.17. The molecule has 0 saturated heterocycles. The summed E-state index contributed by atoms with van der Waals surface area (Å²) in [5, 5.41) is 8.64. The molecule has 0 saturated carbocycles. The highest BCUT2D eigenvalue weighted by atomic mass is 32.2. The zero-order valence-electron chi connectivity index (χ0n) is 12.2. The summed E-state index contributed by atoms with van der Waals surface area (Å²) >= 11 is 1.68. The van der Waals surface area contributed by atoms with Gasteiger partial charge in [0.15, 0.2) is 0 Å². The number of rotatable bonds is 9. The first kappa shape index (κ1) is 16.6. The molecule has 0 N–H and O–H groups in total. The number of carbonyl (C=O) groups excluding carboxylic acids is 1. The Morgan fingerprint density at radius 3 is 3.00 bits per heavy atom. The molecule has 0 bridgehead atoms. The Hall–Kier alpha value is -1.41. The Bertz CT molecular complexity index is 426. The predicted octanol–water partition coefficient (Wildman–Crippen LogP) is 3.44. The lowest BCUT2D eigenvalue weighted by Gasteiger charge is -2.24. The molecule has 0 spiro atoms. The van der Waals surface area contributed by atoms with Crippen molar-refractivity contribution in [2.75, 3.05) is 12.3 Å². The summed E-state index contributed by atoms with van der Waals surface area (Å²) in [7, 11) is 0.